The van der Waals surface area contributed by atoms with Crippen molar-refractivity contribution in [1.82, 2.24) is 10.6 Å². The Bertz CT molecular complexity index is 792. The van der Waals surface area contributed by atoms with E-state index in [2.05, 4.69) is 91.0 Å². The molecule has 37 heavy (non-hydrogen) atoms. The number of benzene rings is 2. The predicted octanol–water partition coefficient (Wildman–Crippen LogP) is 1.46. The van der Waals surface area contributed by atoms with E-state index in [-0.39, 0.29) is 45.0 Å². The number of carbonyl (C=O) groups excluding carboxylic acids is 1. The Labute approximate surface area is 259 Å². The first-order valence-corrected chi connectivity index (χ1v) is 13.1. The number of allylic oxidation sites excluding steroid dienone is 2. The summed E-state index contributed by atoms with van der Waals surface area (Å²) in [6.07, 6.45) is 6.23. The smallest absolute Gasteiger partial charge is 1.00 e. The molecule has 1 saturated carbocycles. The maximum Gasteiger partial charge on any atom is 2.00 e. The Morgan fingerprint density at radius 2 is 1.16 bits per heavy atom. The number of rotatable bonds is 7. The number of hydrogen-bond donors (Lipinski definition) is 4. The third-order valence-corrected chi connectivity index (χ3v) is 6.19. The van der Waals surface area contributed by atoms with Gasteiger partial charge in [-0.15, -0.1) is 5.76 Å². The molecule has 1 aliphatic carbocycles. The minimum Gasteiger partial charge on any atom is -1.00 e. The van der Waals surface area contributed by atoms with E-state index >= 15 is 0 Å². The molecule has 0 amide bonds. The van der Waals surface area contributed by atoms with Crippen molar-refractivity contribution in [2.45, 2.75) is 64.7 Å². The summed E-state index contributed by atoms with van der Waals surface area (Å²) in [5, 5.41) is 31.5. The van der Waals surface area contributed by atoms with Crippen LogP contribution < -0.4 is 32.7 Å². The number of aliphatic hydroxyl groups is 2. The van der Waals surface area contributed by atoms with E-state index in [1.807, 2.05) is 0 Å². The molecule has 0 spiro atoms. The fourth-order valence-electron chi connectivity index (χ4n) is 3.61. The summed E-state index contributed by atoms with van der Waals surface area (Å²) in [5.41, 5.74) is 2.69. The zero-order chi connectivity index (χ0) is 26.6. The molecule has 0 aliphatic heterocycles. The van der Waals surface area contributed by atoms with E-state index in [9.17, 15) is 9.90 Å². The second kappa shape index (κ2) is 25.7. The second-order valence-electron chi connectivity index (χ2n) is 7.88. The van der Waals surface area contributed by atoms with E-state index in [0.29, 0.717) is 12.1 Å². The van der Waals surface area contributed by atoms with Crippen LogP contribution in [0.15, 0.2) is 69.3 Å². The van der Waals surface area contributed by atoms with E-state index in [4.69, 9.17) is 10.2 Å². The van der Waals surface area contributed by atoms with Gasteiger partial charge in [0.15, 0.2) is 5.78 Å². The van der Waals surface area contributed by atoms with Crippen LogP contribution in [0.2, 0.25) is 0 Å². The van der Waals surface area contributed by atoms with Crippen molar-refractivity contribution < 1.29 is 53.6 Å². The molecule has 2 atom stereocenters. The third kappa shape index (κ3) is 20.1. The van der Waals surface area contributed by atoms with Crippen molar-refractivity contribution in [2.24, 2.45) is 0 Å². The molecule has 10 heteroatoms. The van der Waals surface area contributed by atoms with Crippen molar-refractivity contribution >= 4 is 37.6 Å². The number of halogens is 3. The first-order valence-electron chi connectivity index (χ1n) is 11.5. The first-order chi connectivity index (χ1) is 16.8. The van der Waals surface area contributed by atoms with E-state index in [1.165, 1.54) is 50.7 Å². The fourth-order valence-corrected chi connectivity index (χ4v) is 4.14. The van der Waals surface area contributed by atoms with Crippen LogP contribution >= 0.6 is 31.9 Å². The molecule has 0 radical (unpaired) electrons. The molecule has 0 heterocycles. The average Bonchev–Trinajstić information content (AvgIpc) is 2.86. The van der Waals surface area contributed by atoms with Gasteiger partial charge in [-0.1, -0.05) is 75.9 Å². The van der Waals surface area contributed by atoms with Crippen molar-refractivity contribution in [3.63, 3.8) is 0 Å². The topological polar surface area (TPSA) is 105 Å². The van der Waals surface area contributed by atoms with E-state index in [1.54, 1.807) is 0 Å². The fraction of sp³-hybridized carbons (Fsp3) is 0.444. The molecule has 0 unspecified atom stereocenters. The van der Waals surface area contributed by atoms with Gasteiger partial charge in [-0.2, -0.15) is 0 Å². The number of hydrogen-bond acceptors (Lipinski definition) is 6. The monoisotopic (exact) mass is 750 g/mol. The summed E-state index contributed by atoms with van der Waals surface area (Å²) < 4.78 is 2.27. The summed E-state index contributed by atoms with van der Waals surface area (Å²) in [4.78, 5) is 9.98. The van der Waals surface area contributed by atoms with Crippen LogP contribution in [0.5, 0.6) is 0 Å². The van der Waals surface area contributed by atoms with Gasteiger partial charge in [-0.25, -0.2) is 0 Å². The standard InChI is InChI=1S/C20H24Br2N2.C5H8O2.2CH4O.BrH.Ni/c21-17-9-5-15(6-10-17)13-23-19-3-1-2-4-20(19)24-14-16-7-11-18(22)12-8-16;1-4(6)3-5(2)7;2*1-2;;/h5-12,19-20,23-24H,1-4,13-14H2;3,6H,1-2H3;2*2H,1H3;1H;/q;;;;;+2/p-2/b;4-3-;;;;/t19-,20-;;;;;/m1...../s1. The number of aliphatic hydroxyl groups excluding tert-OH is 2. The molecule has 6 nitrogen and oxygen atoms in total. The quantitative estimate of drug-likeness (QED) is 0.194. The van der Waals surface area contributed by atoms with Gasteiger partial charge >= 0.3 is 16.5 Å². The van der Waals surface area contributed by atoms with Crippen LogP contribution in [0.25, 0.3) is 0 Å². The summed E-state index contributed by atoms with van der Waals surface area (Å²) >= 11 is 6.99. The molecule has 4 N–H and O–H groups in total. The first kappa shape index (κ1) is 40.9. The van der Waals surface area contributed by atoms with Crippen LogP contribution in [0.1, 0.15) is 50.7 Å². The Morgan fingerprint density at radius 1 is 0.838 bits per heavy atom. The van der Waals surface area contributed by atoms with Gasteiger partial charge in [0.2, 0.25) is 0 Å². The molecular weight excluding hydrogens is 715 g/mol. The minimum absolute atomic E-state index is 0. The Hall–Kier alpha value is -0.576. The molecule has 212 valence electrons. The van der Waals surface area contributed by atoms with Gasteiger partial charge in [0, 0.05) is 48.3 Å². The zero-order valence-electron chi connectivity index (χ0n) is 21.8. The Morgan fingerprint density at radius 3 is 1.41 bits per heavy atom. The number of nitrogens with one attached hydrogen (secondary N) is 2. The van der Waals surface area contributed by atoms with Gasteiger partial charge in [0.25, 0.3) is 0 Å². The minimum atomic E-state index is -0.187. The van der Waals surface area contributed by atoms with Crippen molar-refractivity contribution in [2.75, 3.05) is 14.2 Å². The van der Waals surface area contributed by atoms with Gasteiger partial charge in [0.05, 0.1) is 0 Å². The summed E-state index contributed by atoms with van der Waals surface area (Å²) in [5.74, 6) is -0.375. The Kier molecular flexibility index (Phi) is 28.4. The molecule has 0 bridgehead atoms. The van der Waals surface area contributed by atoms with Gasteiger partial charge in [-0.05, 0) is 61.2 Å². The molecule has 0 aromatic heterocycles. The van der Waals surface area contributed by atoms with Crippen LogP contribution in [-0.2, 0) is 34.4 Å². The van der Waals surface area contributed by atoms with Crippen molar-refractivity contribution in [1.29, 1.82) is 0 Å². The molecule has 0 saturated heterocycles. The number of carbonyl (C=O) groups is 1. The van der Waals surface area contributed by atoms with Crippen LogP contribution in [0.3, 0.4) is 0 Å². The SMILES string of the molecule is Brc1ccc(CN[C@@H]2CCCC[C@H]2NCc2ccc(Br)cc2)cc1.CC(=O)/C=C(/C)[O-].CO.CO.[Br-].[Ni+2]. The predicted molar refractivity (Wildman–Crippen MR) is 149 cm³/mol. The molecule has 2 aromatic carbocycles. The van der Waals surface area contributed by atoms with E-state index in [0.717, 1.165) is 42.3 Å². The molecule has 2 aromatic rings. The second-order valence-corrected chi connectivity index (χ2v) is 9.71. The van der Waals surface area contributed by atoms with Gasteiger partial charge in [-0.3, -0.25) is 4.79 Å². The summed E-state index contributed by atoms with van der Waals surface area (Å²) in [6.45, 7) is 4.58. The number of ketones is 1. The van der Waals surface area contributed by atoms with Crippen molar-refractivity contribution in [3.05, 3.63) is 80.4 Å². The van der Waals surface area contributed by atoms with Crippen LogP contribution in [-0.4, -0.2) is 42.3 Å². The largest absolute Gasteiger partial charge is 2.00 e. The molecule has 1 aliphatic rings. The van der Waals surface area contributed by atoms with Gasteiger partial charge in [0.1, 0.15) is 0 Å². The summed E-state index contributed by atoms with van der Waals surface area (Å²) in [6, 6.07) is 18.3. The average molecular weight is 754 g/mol. The summed E-state index contributed by atoms with van der Waals surface area (Å²) in [7, 11) is 2.00. The van der Waals surface area contributed by atoms with Crippen LogP contribution in [0.4, 0.5) is 0 Å². The van der Waals surface area contributed by atoms with E-state index < -0.39 is 0 Å². The maximum atomic E-state index is 9.98. The maximum absolute atomic E-state index is 9.98. The Balaban J connectivity index is -0.000000767. The zero-order valence-corrected chi connectivity index (χ0v) is 27.5. The molecule has 3 rings (SSSR count). The van der Waals surface area contributed by atoms with Crippen LogP contribution in [0, 0.1) is 0 Å². The molecular formula is C27H39Br3N2NiO4. The molecule has 1 fully saturated rings. The van der Waals surface area contributed by atoms with Gasteiger partial charge < -0.3 is 42.9 Å². The van der Waals surface area contributed by atoms with Crippen molar-refractivity contribution in [3.8, 4) is 0 Å². The normalized spacial score (nSPS) is 16.1. The third-order valence-electron chi connectivity index (χ3n) is 5.14.